The summed E-state index contributed by atoms with van der Waals surface area (Å²) in [6, 6.07) is 7.66. The monoisotopic (exact) mass is 298 g/mol. The van der Waals surface area contributed by atoms with Crippen molar-refractivity contribution in [1.29, 1.82) is 0 Å². The van der Waals surface area contributed by atoms with Gasteiger partial charge in [-0.05, 0) is 37.5 Å². The first-order valence-electron chi connectivity index (χ1n) is 6.86. The van der Waals surface area contributed by atoms with Crippen LogP contribution in [0.4, 0.5) is 0 Å². The zero-order valence-corrected chi connectivity index (χ0v) is 12.7. The number of phenolic OH excluding ortho intramolecular Hbond substituents is 1. The van der Waals surface area contributed by atoms with Crippen molar-refractivity contribution in [3.63, 3.8) is 0 Å². The minimum absolute atomic E-state index is 0.136. The van der Waals surface area contributed by atoms with Crippen molar-refractivity contribution in [2.45, 2.75) is 31.8 Å². The van der Waals surface area contributed by atoms with Crippen LogP contribution in [0.5, 0.6) is 5.75 Å². The number of piperidine rings is 1. The highest BCUT2D eigenvalue weighted by molar-refractivity contribution is 7.88. The first-order valence-corrected chi connectivity index (χ1v) is 8.71. The molecule has 1 atom stereocenters. The van der Waals surface area contributed by atoms with E-state index in [1.807, 2.05) is 12.1 Å². The third kappa shape index (κ3) is 3.94. The maximum Gasteiger partial charge on any atom is 0.211 e. The summed E-state index contributed by atoms with van der Waals surface area (Å²) in [5.41, 5.74) is 1.04. The largest absolute Gasteiger partial charge is 0.508 e. The average Bonchev–Trinajstić information content (AvgIpc) is 2.38. The Morgan fingerprint density at radius 3 is 2.55 bits per heavy atom. The molecule has 2 rings (SSSR count). The lowest BCUT2D eigenvalue weighted by molar-refractivity contribution is 0.278. The molecule has 0 saturated carbocycles. The molecule has 1 aromatic carbocycles. The second-order valence-electron chi connectivity index (χ2n) is 5.42. The lowest BCUT2D eigenvalue weighted by Gasteiger charge is -2.32. The van der Waals surface area contributed by atoms with Crippen LogP contribution in [0.1, 0.15) is 31.4 Å². The Hall–Kier alpha value is -1.11. The summed E-state index contributed by atoms with van der Waals surface area (Å²) in [7, 11) is -3.06. The third-order valence-corrected chi connectivity index (χ3v) is 5.08. The number of aromatic hydroxyl groups is 1. The van der Waals surface area contributed by atoms with Gasteiger partial charge in [0.1, 0.15) is 5.75 Å². The van der Waals surface area contributed by atoms with Crippen LogP contribution in [0.2, 0.25) is 0 Å². The van der Waals surface area contributed by atoms with Crippen LogP contribution in [-0.4, -0.2) is 43.2 Å². The highest BCUT2D eigenvalue weighted by Gasteiger charge is 2.25. The summed E-state index contributed by atoms with van der Waals surface area (Å²) in [6.45, 7) is 3.20. The van der Waals surface area contributed by atoms with Gasteiger partial charge in [-0.25, -0.2) is 12.7 Å². The van der Waals surface area contributed by atoms with Gasteiger partial charge in [0.05, 0.1) is 6.26 Å². The van der Waals surface area contributed by atoms with Crippen molar-refractivity contribution in [2.75, 3.05) is 19.3 Å². The van der Waals surface area contributed by atoms with Crippen molar-refractivity contribution in [3.8, 4) is 5.75 Å². The van der Waals surface area contributed by atoms with E-state index in [-0.39, 0.29) is 11.8 Å². The van der Waals surface area contributed by atoms with E-state index in [0.717, 1.165) is 18.4 Å². The Balaban J connectivity index is 1.89. The van der Waals surface area contributed by atoms with Gasteiger partial charge in [-0.3, -0.25) is 0 Å². The molecule has 0 amide bonds. The number of phenols is 1. The second-order valence-corrected chi connectivity index (χ2v) is 7.40. The van der Waals surface area contributed by atoms with E-state index in [0.29, 0.717) is 19.1 Å². The fraction of sp³-hybridized carbons (Fsp3) is 0.571. The number of benzene rings is 1. The topological polar surface area (TPSA) is 69.6 Å². The highest BCUT2D eigenvalue weighted by atomic mass is 32.2. The molecule has 0 aliphatic carbocycles. The predicted octanol–water partition coefficient (Wildman–Crippen LogP) is 1.47. The van der Waals surface area contributed by atoms with Gasteiger partial charge in [0.2, 0.25) is 10.0 Å². The maximum atomic E-state index is 11.5. The van der Waals surface area contributed by atoms with Crippen molar-refractivity contribution in [3.05, 3.63) is 29.8 Å². The van der Waals surface area contributed by atoms with Crippen LogP contribution in [-0.2, 0) is 10.0 Å². The Bertz CT molecular complexity index is 551. The summed E-state index contributed by atoms with van der Waals surface area (Å²) >= 11 is 0. The molecule has 5 nitrogen and oxygen atoms in total. The Morgan fingerprint density at radius 2 is 2.00 bits per heavy atom. The SMILES string of the molecule is CC(NC1CCN(S(C)(=O)=O)CC1)c1cccc(O)c1. The molecule has 0 aromatic heterocycles. The summed E-state index contributed by atoms with van der Waals surface area (Å²) in [6.07, 6.45) is 2.89. The van der Waals surface area contributed by atoms with E-state index in [2.05, 4.69) is 12.2 Å². The van der Waals surface area contributed by atoms with Crippen molar-refractivity contribution >= 4 is 10.0 Å². The van der Waals surface area contributed by atoms with Gasteiger partial charge < -0.3 is 10.4 Å². The van der Waals surface area contributed by atoms with Crippen LogP contribution in [0.3, 0.4) is 0 Å². The fourth-order valence-corrected chi connectivity index (χ4v) is 3.47. The van der Waals surface area contributed by atoms with E-state index in [1.165, 1.54) is 10.6 Å². The molecule has 1 fully saturated rings. The molecule has 1 heterocycles. The second kappa shape index (κ2) is 6.11. The van der Waals surface area contributed by atoms with Gasteiger partial charge in [-0.2, -0.15) is 0 Å². The molecule has 1 saturated heterocycles. The lowest BCUT2D eigenvalue weighted by Crippen LogP contribution is -2.45. The van der Waals surface area contributed by atoms with Crippen molar-refractivity contribution in [2.24, 2.45) is 0 Å². The van der Waals surface area contributed by atoms with Crippen LogP contribution in [0.15, 0.2) is 24.3 Å². The van der Waals surface area contributed by atoms with Gasteiger partial charge in [-0.15, -0.1) is 0 Å². The molecule has 2 N–H and O–H groups in total. The van der Waals surface area contributed by atoms with Crippen LogP contribution in [0.25, 0.3) is 0 Å². The highest BCUT2D eigenvalue weighted by Crippen LogP contribution is 2.21. The summed E-state index contributed by atoms with van der Waals surface area (Å²) < 4.78 is 24.4. The van der Waals surface area contributed by atoms with Gasteiger partial charge in [0.15, 0.2) is 0 Å². The number of rotatable bonds is 4. The number of sulfonamides is 1. The molecule has 1 aliphatic rings. The molecule has 0 radical (unpaired) electrons. The standard InChI is InChI=1S/C14H22N2O3S/c1-11(12-4-3-5-14(17)10-12)15-13-6-8-16(9-7-13)20(2,18)19/h3-5,10-11,13,15,17H,6-9H2,1-2H3. The summed E-state index contributed by atoms with van der Waals surface area (Å²) in [5.74, 6) is 0.267. The normalized spacial score (nSPS) is 19.9. The van der Waals surface area contributed by atoms with Crippen LogP contribution >= 0.6 is 0 Å². The van der Waals surface area contributed by atoms with Crippen molar-refractivity contribution < 1.29 is 13.5 Å². The third-order valence-electron chi connectivity index (χ3n) is 3.78. The van der Waals surface area contributed by atoms with Gasteiger partial charge >= 0.3 is 0 Å². The zero-order chi connectivity index (χ0) is 14.8. The van der Waals surface area contributed by atoms with Crippen LogP contribution in [0, 0.1) is 0 Å². The van der Waals surface area contributed by atoms with Crippen LogP contribution < -0.4 is 5.32 Å². The lowest BCUT2D eigenvalue weighted by atomic mass is 10.0. The average molecular weight is 298 g/mol. The molecule has 112 valence electrons. The van der Waals surface area contributed by atoms with Gasteiger partial charge in [0, 0.05) is 25.2 Å². The molecule has 1 aromatic rings. The Morgan fingerprint density at radius 1 is 1.35 bits per heavy atom. The van der Waals surface area contributed by atoms with Gasteiger partial charge in [0.25, 0.3) is 0 Å². The number of nitrogens with one attached hydrogen (secondary N) is 1. The number of nitrogens with zero attached hydrogens (tertiary/aromatic N) is 1. The first-order chi connectivity index (χ1) is 9.36. The van der Waals surface area contributed by atoms with E-state index in [4.69, 9.17) is 0 Å². The van der Waals surface area contributed by atoms with E-state index in [1.54, 1.807) is 12.1 Å². The van der Waals surface area contributed by atoms with Gasteiger partial charge in [-0.1, -0.05) is 12.1 Å². The van der Waals surface area contributed by atoms with E-state index >= 15 is 0 Å². The molecule has 0 spiro atoms. The number of hydrogen-bond donors (Lipinski definition) is 2. The van der Waals surface area contributed by atoms with E-state index < -0.39 is 10.0 Å². The Labute approximate surface area is 120 Å². The molecule has 0 bridgehead atoms. The predicted molar refractivity (Wildman–Crippen MR) is 79.1 cm³/mol. The summed E-state index contributed by atoms with van der Waals surface area (Å²) in [4.78, 5) is 0. The Kier molecular flexibility index (Phi) is 4.67. The first kappa shape index (κ1) is 15.3. The smallest absolute Gasteiger partial charge is 0.211 e. The molecule has 20 heavy (non-hydrogen) atoms. The molecule has 6 heteroatoms. The zero-order valence-electron chi connectivity index (χ0n) is 11.9. The minimum atomic E-state index is -3.06. The molecule has 1 unspecified atom stereocenters. The molecule has 1 aliphatic heterocycles. The summed E-state index contributed by atoms with van der Waals surface area (Å²) in [5, 5.41) is 13.0. The minimum Gasteiger partial charge on any atom is -0.508 e. The quantitative estimate of drug-likeness (QED) is 0.883. The molecular weight excluding hydrogens is 276 g/mol. The maximum absolute atomic E-state index is 11.5. The molecular formula is C14H22N2O3S. The van der Waals surface area contributed by atoms with Crippen molar-refractivity contribution in [1.82, 2.24) is 9.62 Å². The van der Waals surface area contributed by atoms with E-state index in [9.17, 15) is 13.5 Å². The fourth-order valence-electron chi connectivity index (χ4n) is 2.60. The number of hydrogen-bond acceptors (Lipinski definition) is 4.